The number of anilines is 1. The minimum atomic E-state index is -0.161. The highest BCUT2D eigenvalue weighted by molar-refractivity contribution is 5.92. The summed E-state index contributed by atoms with van der Waals surface area (Å²) in [4.78, 5) is 11.4. The SMILES string of the molecule is COCC(=O)Nc1ccc(-c2ccco2)cc1C. The van der Waals surface area contributed by atoms with Crippen molar-refractivity contribution in [2.75, 3.05) is 19.0 Å². The molecule has 2 aromatic rings. The van der Waals surface area contributed by atoms with Crippen LogP contribution in [0.15, 0.2) is 41.0 Å². The van der Waals surface area contributed by atoms with Gasteiger partial charge in [-0.15, -0.1) is 0 Å². The first kappa shape index (κ1) is 12.4. The van der Waals surface area contributed by atoms with E-state index in [0.29, 0.717) is 0 Å². The molecule has 0 aliphatic rings. The van der Waals surface area contributed by atoms with Crippen LogP contribution in [0.1, 0.15) is 5.56 Å². The number of furan rings is 1. The minimum absolute atomic E-state index is 0.0549. The highest BCUT2D eigenvalue weighted by Gasteiger charge is 2.07. The molecule has 1 N–H and O–H groups in total. The van der Waals surface area contributed by atoms with Gasteiger partial charge in [0.2, 0.25) is 5.91 Å². The number of amides is 1. The first-order valence-corrected chi connectivity index (χ1v) is 5.64. The van der Waals surface area contributed by atoms with Gasteiger partial charge in [-0.05, 0) is 42.8 Å². The number of methoxy groups -OCH3 is 1. The number of aryl methyl sites for hydroxylation is 1. The zero-order valence-corrected chi connectivity index (χ0v) is 10.4. The molecule has 0 bridgehead atoms. The molecule has 0 unspecified atom stereocenters. The molecule has 4 nitrogen and oxygen atoms in total. The largest absolute Gasteiger partial charge is 0.464 e. The van der Waals surface area contributed by atoms with Gasteiger partial charge >= 0.3 is 0 Å². The second-order valence-electron chi connectivity index (χ2n) is 3.99. The van der Waals surface area contributed by atoms with Crippen molar-refractivity contribution in [2.24, 2.45) is 0 Å². The number of nitrogens with one attached hydrogen (secondary N) is 1. The highest BCUT2D eigenvalue weighted by atomic mass is 16.5. The fourth-order valence-corrected chi connectivity index (χ4v) is 1.72. The van der Waals surface area contributed by atoms with Gasteiger partial charge < -0.3 is 14.5 Å². The van der Waals surface area contributed by atoms with E-state index in [0.717, 1.165) is 22.6 Å². The lowest BCUT2D eigenvalue weighted by Crippen LogP contribution is -2.17. The second kappa shape index (κ2) is 5.51. The lowest BCUT2D eigenvalue weighted by molar-refractivity contribution is -0.119. The molecule has 0 fully saturated rings. The third-order valence-corrected chi connectivity index (χ3v) is 2.58. The second-order valence-corrected chi connectivity index (χ2v) is 3.99. The molecule has 0 aliphatic heterocycles. The van der Waals surface area contributed by atoms with Gasteiger partial charge in [-0.3, -0.25) is 4.79 Å². The first-order chi connectivity index (χ1) is 8.70. The van der Waals surface area contributed by atoms with Gasteiger partial charge in [0.05, 0.1) is 6.26 Å². The van der Waals surface area contributed by atoms with Crippen molar-refractivity contribution in [1.29, 1.82) is 0 Å². The van der Waals surface area contributed by atoms with Crippen LogP contribution in [0.2, 0.25) is 0 Å². The fraction of sp³-hybridized carbons (Fsp3) is 0.214. The van der Waals surface area contributed by atoms with Crippen LogP contribution in [-0.4, -0.2) is 19.6 Å². The Morgan fingerprint density at radius 3 is 2.83 bits per heavy atom. The van der Waals surface area contributed by atoms with Crippen molar-refractivity contribution in [1.82, 2.24) is 0 Å². The summed E-state index contributed by atoms with van der Waals surface area (Å²) in [6.07, 6.45) is 1.64. The van der Waals surface area contributed by atoms with Crippen LogP contribution in [0.4, 0.5) is 5.69 Å². The molecule has 4 heteroatoms. The van der Waals surface area contributed by atoms with Crippen molar-refractivity contribution in [3.63, 3.8) is 0 Å². The first-order valence-electron chi connectivity index (χ1n) is 5.64. The number of benzene rings is 1. The Hall–Kier alpha value is -2.07. The Bertz CT molecular complexity index is 532. The van der Waals surface area contributed by atoms with E-state index >= 15 is 0 Å². The summed E-state index contributed by atoms with van der Waals surface area (Å²) >= 11 is 0. The van der Waals surface area contributed by atoms with E-state index < -0.39 is 0 Å². The van der Waals surface area contributed by atoms with Crippen molar-refractivity contribution in [3.05, 3.63) is 42.2 Å². The van der Waals surface area contributed by atoms with Crippen molar-refractivity contribution in [2.45, 2.75) is 6.92 Å². The van der Waals surface area contributed by atoms with E-state index in [1.807, 2.05) is 37.3 Å². The Balaban J connectivity index is 2.18. The molecule has 1 heterocycles. The Labute approximate surface area is 106 Å². The number of carbonyl (C=O) groups excluding carboxylic acids is 1. The number of rotatable bonds is 4. The number of ether oxygens (including phenoxy) is 1. The molecule has 0 aliphatic carbocycles. The third-order valence-electron chi connectivity index (χ3n) is 2.58. The fourth-order valence-electron chi connectivity index (χ4n) is 1.72. The molecule has 18 heavy (non-hydrogen) atoms. The molecule has 1 amide bonds. The van der Waals surface area contributed by atoms with Crippen LogP contribution in [0, 0.1) is 6.92 Å². The maximum Gasteiger partial charge on any atom is 0.250 e. The van der Waals surface area contributed by atoms with Crippen molar-refractivity contribution < 1.29 is 13.9 Å². The van der Waals surface area contributed by atoms with E-state index in [1.165, 1.54) is 7.11 Å². The number of hydrogen-bond acceptors (Lipinski definition) is 3. The summed E-state index contributed by atoms with van der Waals surface area (Å²) < 4.78 is 10.1. The zero-order valence-electron chi connectivity index (χ0n) is 10.4. The van der Waals surface area contributed by atoms with Crippen LogP contribution in [0.25, 0.3) is 11.3 Å². The van der Waals surface area contributed by atoms with E-state index in [1.54, 1.807) is 6.26 Å². The van der Waals surface area contributed by atoms with Gasteiger partial charge in [-0.2, -0.15) is 0 Å². The van der Waals surface area contributed by atoms with Crippen LogP contribution in [-0.2, 0) is 9.53 Å². The molecular formula is C14H15NO3. The molecular weight excluding hydrogens is 230 g/mol. The lowest BCUT2D eigenvalue weighted by atomic mass is 10.1. The zero-order chi connectivity index (χ0) is 13.0. The molecule has 94 valence electrons. The molecule has 0 saturated heterocycles. The summed E-state index contributed by atoms with van der Waals surface area (Å²) in [6, 6.07) is 9.49. The monoisotopic (exact) mass is 245 g/mol. The summed E-state index contributed by atoms with van der Waals surface area (Å²) in [7, 11) is 1.49. The number of hydrogen-bond donors (Lipinski definition) is 1. The van der Waals surface area contributed by atoms with Crippen molar-refractivity contribution >= 4 is 11.6 Å². The third kappa shape index (κ3) is 2.78. The predicted molar refractivity (Wildman–Crippen MR) is 69.4 cm³/mol. The van der Waals surface area contributed by atoms with Crippen LogP contribution in [0.3, 0.4) is 0 Å². The molecule has 0 radical (unpaired) electrons. The molecule has 2 rings (SSSR count). The van der Waals surface area contributed by atoms with E-state index in [2.05, 4.69) is 5.32 Å². The molecule has 1 aromatic carbocycles. The smallest absolute Gasteiger partial charge is 0.250 e. The highest BCUT2D eigenvalue weighted by Crippen LogP contribution is 2.25. The summed E-state index contributed by atoms with van der Waals surface area (Å²) in [6.45, 7) is 1.99. The summed E-state index contributed by atoms with van der Waals surface area (Å²) in [5.74, 6) is 0.652. The predicted octanol–water partition coefficient (Wildman–Crippen LogP) is 2.84. The number of carbonyl (C=O) groups is 1. The average molecular weight is 245 g/mol. The normalized spacial score (nSPS) is 10.3. The molecule has 0 atom stereocenters. The topological polar surface area (TPSA) is 51.5 Å². The van der Waals surface area contributed by atoms with Crippen LogP contribution < -0.4 is 5.32 Å². The maximum absolute atomic E-state index is 11.4. The van der Waals surface area contributed by atoms with Crippen LogP contribution >= 0.6 is 0 Å². The lowest BCUT2D eigenvalue weighted by Gasteiger charge is -2.09. The van der Waals surface area contributed by atoms with E-state index in [-0.39, 0.29) is 12.5 Å². The Morgan fingerprint density at radius 2 is 2.22 bits per heavy atom. The van der Waals surface area contributed by atoms with Gasteiger partial charge in [-0.1, -0.05) is 0 Å². The van der Waals surface area contributed by atoms with Crippen LogP contribution in [0.5, 0.6) is 0 Å². The molecule has 0 spiro atoms. The molecule has 1 aromatic heterocycles. The standard InChI is InChI=1S/C14H15NO3/c1-10-8-11(13-4-3-7-18-13)5-6-12(10)15-14(16)9-17-2/h3-8H,9H2,1-2H3,(H,15,16). The van der Waals surface area contributed by atoms with E-state index in [4.69, 9.17) is 9.15 Å². The quantitative estimate of drug-likeness (QED) is 0.901. The molecule has 0 saturated carbocycles. The van der Waals surface area contributed by atoms with Gasteiger partial charge in [0.25, 0.3) is 0 Å². The Kier molecular flexibility index (Phi) is 3.79. The Morgan fingerprint density at radius 1 is 1.39 bits per heavy atom. The van der Waals surface area contributed by atoms with Crippen molar-refractivity contribution in [3.8, 4) is 11.3 Å². The van der Waals surface area contributed by atoms with E-state index in [9.17, 15) is 4.79 Å². The summed E-state index contributed by atoms with van der Waals surface area (Å²) in [5.41, 5.74) is 2.75. The maximum atomic E-state index is 11.4. The van der Waals surface area contributed by atoms with Gasteiger partial charge in [0, 0.05) is 18.4 Å². The average Bonchev–Trinajstić information content (AvgIpc) is 2.85. The summed E-state index contributed by atoms with van der Waals surface area (Å²) in [5, 5.41) is 2.79. The van der Waals surface area contributed by atoms with Gasteiger partial charge in [0.1, 0.15) is 12.4 Å². The minimum Gasteiger partial charge on any atom is -0.464 e. The van der Waals surface area contributed by atoms with Gasteiger partial charge in [0.15, 0.2) is 0 Å². The van der Waals surface area contributed by atoms with Gasteiger partial charge in [-0.25, -0.2) is 0 Å².